The van der Waals surface area contributed by atoms with E-state index in [0.29, 0.717) is 0 Å². The fraction of sp³-hybridized carbons (Fsp3) is 0.375. The van der Waals surface area contributed by atoms with Gasteiger partial charge in [0.15, 0.2) is 0 Å². The largest absolute Gasteiger partial charge is 0.477 e. The predicted molar refractivity (Wildman–Crippen MR) is 56.1 cm³/mol. The second-order valence-electron chi connectivity index (χ2n) is 2.70. The van der Waals surface area contributed by atoms with Gasteiger partial charge in [0.25, 0.3) is 0 Å². The first-order chi connectivity index (χ1) is 6.57. The first-order valence-corrected chi connectivity index (χ1v) is 5.36. The highest BCUT2D eigenvalue weighted by Crippen LogP contribution is 2.26. The van der Waals surface area contributed by atoms with Crippen LogP contribution in [-0.2, 0) is 0 Å². The molecule has 0 bridgehead atoms. The first-order valence-electron chi connectivity index (χ1n) is 3.85. The minimum absolute atomic E-state index is 0.0540. The van der Waals surface area contributed by atoms with Crippen molar-refractivity contribution < 1.29 is 20.1 Å². The molecule has 6 heteroatoms. The Hall–Kier alpha value is -0.560. The molecule has 0 fully saturated rings. The van der Waals surface area contributed by atoms with E-state index in [1.54, 1.807) is 5.38 Å². The van der Waals surface area contributed by atoms with Crippen LogP contribution >= 0.6 is 24.0 Å². The average Bonchev–Trinajstić information content (AvgIpc) is 2.63. The molecule has 2 unspecified atom stereocenters. The van der Waals surface area contributed by atoms with Gasteiger partial charge < -0.3 is 15.3 Å². The summed E-state index contributed by atoms with van der Waals surface area (Å²) in [4.78, 5) is 10.8. The Balaban J connectivity index is 2.94. The van der Waals surface area contributed by atoms with Crippen molar-refractivity contribution in [1.82, 2.24) is 0 Å². The SMILES string of the molecule is O=C(O)c1sccc1C(O)C(O)CS. The molecule has 3 N–H and O–H groups in total. The Morgan fingerprint density at radius 3 is 2.71 bits per heavy atom. The molecule has 0 aliphatic carbocycles. The Kier molecular flexibility index (Phi) is 3.94. The zero-order valence-electron chi connectivity index (χ0n) is 7.12. The summed E-state index contributed by atoms with van der Waals surface area (Å²) < 4.78 is 0. The topological polar surface area (TPSA) is 77.8 Å². The van der Waals surface area contributed by atoms with Crippen LogP contribution in [0, 0.1) is 0 Å². The third-order valence-electron chi connectivity index (χ3n) is 1.76. The Labute approximate surface area is 90.2 Å². The maximum absolute atomic E-state index is 10.7. The van der Waals surface area contributed by atoms with Crippen LogP contribution in [0.4, 0.5) is 0 Å². The molecule has 1 heterocycles. The summed E-state index contributed by atoms with van der Waals surface area (Å²) in [7, 11) is 0. The van der Waals surface area contributed by atoms with E-state index in [9.17, 15) is 15.0 Å². The number of carboxylic acids is 1. The van der Waals surface area contributed by atoms with E-state index in [2.05, 4.69) is 12.6 Å². The molecule has 1 rings (SSSR count). The van der Waals surface area contributed by atoms with Crippen LogP contribution in [-0.4, -0.2) is 33.1 Å². The van der Waals surface area contributed by atoms with Gasteiger partial charge >= 0.3 is 5.97 Å². The smallest absolute Gasteiger partial charge is 0.346 e. The molecule has 0 aliphatic heterocycles. The van der Waals surface area contributed by atoms with Gasteiger partial charge in [-0.25, -0.2) is 4.79 Å². The zero-order chi connectivity index (χ0) is 10.7. The van der Waals surface area contributed by atoms with Crippen LogP contribution in [0.5, 0.6) is 0 Å². The Morgan fingerprint density at radius 1 is 1.57 bits per heavy atom. The number of rotatable bonds is 4. The average molecular weight is 234 g/mol. The monoisotopic (exact) mass is 234 g/mol. The number of thiophene rings is 1. The molecular formula is C8H10O4S2. The highest BCUT2D eigenvalue weighted by atomic mass is 32.1. The van der Waals surface area contributed by atoms with E-state index in [1.165, 1.54) is 6.07 Å². The molecular weight excluding hydrogens is 224 g/mol. The number of thiol groups is 1. The quantitative estimate of drug-likeness (QED) is 0.580. The number of aromatic carboxylic acids is 1. The van der Waals surface area contributed by atoms with Crippen molar-refractivity contribution in [2.24, 2.45) is 0 Å². The number of carbonyl (C=O) groups is 1. The Morgan fingerprint density at radius 2 is 2.21 bits per heavy atom. The van der Waals surface area contributed by atoms with Crippen molar-refractivity contribution in [3.63, 3.8) is 0 Å². The lowest BCUT2D eigenvalue weighted by Crippen LogP contribution is -2.20. The van der Waals surface area contributed by atoms with E-state index < -0.39 is 18.2 Å². The summed E-state index contributed by atoms with van der Waals surface area (Å²) in [5.74, 6) is -1.02. The molecule has 0 radical (unpaired) electrons. The molecule has 4 nitrogen and oxygen atoms in total. The van der Waals surface area contributed by atoms with Crippen molar-refractivity contribution in [2.75, 3.05) is 5.75 Å². The van der Waals surface area contributed by atoms with Gasteiger partial charge in [-0.2, -0.15) is 12.6 Å². The minimum atomic E-state index is -1.19. The van der Waals surface area contributed by atoms with Gasteiger partial charge in [0, 0.05) is 11.3 Å². The summed E-state index contributed by atoms with van der Waals surface area (Å²) >= 11 is 4.84. The standard InChI is InChI=1S/C8H10O4S2/c9-5(3-13)6(10)4-1-2-14-7(4)8(11)12/h1-2,5-6,9-10,13H,3H2,(H,11,12). The molecule has 0 aliphatic rings. The fourth-order valence-electron chi connectivity index (χ4n) is 1.03. The maximum atomic E-state index is 10.7. The minimum Gasteiger partial charge on any atom is -0.477 e. The van der Waals surface area contributed by atoms with Crippen molar-refractivity contribution in [3.8, 4) is 0 Å². The van der Waals surface area contributed by atoms with Gasteiger partial charge in [-0.3, -0.25) is 0 Å². The van der Waals surface area contributed by atoms with Gasteiger partial charge in [-0.15, -0.1) is 11.3 Å². The molecule has 0 saturated carbocycles. The lowest BCUT2D eigenvalue weighted by molar-refractivity contribution is 0.0327. The van der Waals surface area contributed by atoms with Crippen molar-refractivity contribution in [2.45, 2.75) is 12.2 Å². The van der Waals surface area contributed by atoms with Gasteiger partial charge in [0.05, 0.1) is 6.10 Å². The van der Waals surface area contributed by atoms with E-state index >= 15 is 0 Å². The van der Waals surface area contributed by atoms with Crippen LogP contribution < -0.4 is 0 Å². The second-order valence-corrected chi connectivity index (χ2v) is 3.99. The molecule has 0 spiro atoms. The third-order valence-corrected chi connectivity index (χ3v) is 3.05. The molecule has 0 aromatic carbocycles. The first kappa shape index (κ1) is 11.5. The van der Waals surface area contributed by atoms with Gasteiger partial charge in [0.2, 0.25) is 0 Å². The Bertz CT molecular complexity index is 323. The number of aliphatic hydroxyl groups is 2. The highest BCUT2D eigenvalue weighted by Gasteiger charge is 2.23. The molecule has 0 saturated heterocycles. The van der Waals surface area contributed by atoms with E-state index in [0.717, 1.165) is 11.3 Å². The maximum Gasteiger partial charge on any atom is 0.346 e. The third kappa shape index (κ3) is 2.27. The lowest BCUT2D eigenvalue weighted by Gasteiger charge is -2.15. The lowest BCUT2D eigenvalue weighted by atomic mass is 10.1. The van der Waals surface area contributed by atoms with E-state index in [-0.39, 0.29) is 16.2 Å². The van der Waals surface area contributed by atoms with Crippen LogP contribution in [0.1, 0.15) is 21.3 Å². The van der Waals surface area contributed by atoms with Crippen molar-refractivity contribution in [3.05, 3.63) is 21.9 Å². The van der Waals surface area contributed by atoms with Crippen molar-refractivity contribution in [1.29, 1.82) is 0 Å². The summed E-state index contributed by atoms with van der Waals surface area (Å²) in [5.41, 5.74) is 0.240. The summed E-state index contributed by atoms with van der Waals surface area (Å²) in [6, 6.07) is 1.49. The van der Waals surface area contributed by atoms with Crippen LogP contribution in [0.15, 0.2) is 11.4 Å². The molecule has 1 aromatic rings. The van der Waals surface area contributed by atoms with Crippen LogP contribution in [0.2, 0.25) is 0 Å². The summed E-state index contributed by atoms with van der Waals surface area (Å²) in [6.45, 7) is 0. The normalized spacial score (nSPS) is 15.1. The van der Waals surface area contributed by atoms with Crippen LogP contribution in [0.3, 0.4) is 0 Å². The number of hydrogen-bond acceptors (Lipinski definition) is 5. The molecule has 78 valence electrons. The van der Waals surface area contributed by atoms with E-state index in [1.807, 2.05) is 0 Å². The number of aliphatic hydroxyl groups excluding tert-OH is 2. The van der Waals surface area contributed by atoms with E-state index in [4.69, 9.17) is 5.11 Å². The molecule has 14 heavy (non-hydrogen) atoms. The highest BCUT2D eigenvalue weighted by molar-refractivity contribution is 7.80. The van der Waals surface area contributed by atoms with Gasteiger partial charge in [-0.1, -0.05) is 0 Å². The predicted octanol–water partition coefficient (Wildman–Crippen LogP) is 0.770. The van der Waals surface area contributed by atoms with Gasteiger partial charge in [0.1, 0.15) is 11.0 Å². The fourth-order valence-corrected chi connectivity index (χ4v) is 2.01. The van der Waals surface area contributed by atoms with Crippen LogP contribution in [0.25, 0.3) is 0 Å². The van der Waals surface area contributed by atoms with Crippen molar-refractivity contribution >= 4 is 29.9 Å². The number of carboxylic acid groups (broad SMARTS) is 1. The molecule has 2 atom stereocenters. The molecule has 1 aromatic heterocycles. The van der Waals surface area contributed by atoms with Gasteiger partial charge in [-0.05, 0) is 11.4 Å². The number of hydrogen-bond donors (Lipinski definition) is 4. The summed E-state index contributed by atoms with van der Waals surface area (Å²) in [5, 5.41) is 29.2. The molecule has 0 amide bonds. The summed E-state index contributed by atoms with van der Waals surface area (Å²) in [6.07, 6.45) is -2.24. The zero-order valence-corrected chi connectivity index (χ0v) is 8.83. The second kappa shape index (κ2) is 4.79.